The molecule has 0 spiro atoms. The minimum absolute atomic E-state index is 0.402. The zero-order valence-corrected chi connectivity index (χ0v) is 17.5. The molecule has 0 bridgehead atoms. The second kappa shape index (κ2) is 9.03. The molecule has 133 valence electrons. The molecule has 0 aliphatic rings. The van der Waals surface area contributed by atoms with Crippen molar-refractivity contribution >= 4 is 50.8 Å². The molecule has 0 amide bonds. The normalized spacial score (nSPS) is 10.6. The summed E-state index contributed by atoms with van der Waals surface area (Å²) in [6.07, 6.45) is 0. The van der Waals surface area contributed by atoms with Crippen molar-refractivity contribution < 1.29 is 9.47 Å². The van der Waals surface area contributed by atoms with Crippen LogP contribution in [0.3, 0.4) is 0 Å². The molecule has 0 saturated carbocycles. The Labute approximate surface area is 175 Å². The molecule has 0 heterocycles. The molecule has 0 saturated heterocycles. The summed E-state index contributed by atoms with van der Waals surface area (Å²) in [4.78, 5) is 0. The van der Waals surface area contributed by atoms with Crippen molar-refractivity contribution in [1.29, 1.82) is 0 Å². The molecule has 6 heteroatoms. The van der Waals surface area contributed by atoms with E-state index in [0.29, 0.717) is 38.9 Å². The van der Waals surface area contributed by atoms with Gasteiger partial charge in [0.2, 0.25) is 0 Å². The van der Waals surface area contributed by atoms with Crippen LogP contribution in [0.4, 0.5) is 0 Å². The zero-order chi connectivity index (χ0) is 18.5. The van der Waals surface area contributed by atoms with Gasteiger partial charge in [0.05, 0.1) is 0 Å². The Morgan fingerprint density at radius 2 is 1.31 bits per heavy atom. The van der Waals surface area contributed by atoms with Crippen molar-refractivity contribution in [3.8, 4) is 17.2 Å². The first kappa shape index (κ1) is 19.4. The van der Waals surface area contributed by atoms with Crippen molar-refractivity contribution in [3.05, 3.63) is 86.9 Å². The van der Waals surface area contributed by atoms with E-state index < -0.39 is 0 Å². The van der Waals surface area contributed by atoms with E-state index >= 15 is 0 Å². The van der Waals surface area contributed by atoms with Gasteiger partial charge in [-0.3, -0.25) is 0 Å². The Balaban J connectivity index is 1.78. The van der Waals surface area contributed by atoms with Crippen molar-refractivity contribution in [2.24, 2.45) is 0 Å². The molecule has 0 unspecified atom stereocenters. The van der Waals surface area contributed by atoms with Gasteiger partial charge in [0, 0.05) is 5.02 Å². The Kier molecular flexibility index (Phi) is 6.74. The first-order valence-corrected chi connectivity index (χ1v) is 10.1. The van der Waals surface area contributed by atoms with Gasteiger partial charge in [0.1, 0.15) is 0 Å². The molecule has 3 rings (SSSR count). The summed E-state index contributed by atoms with van der Waals surface area (Å²) < 4.78 is 11.8. The van der Waals surface area contributed by atoms with Crippen LogP contribution >= 0.6 is 34.8 Å². The standard InChI is InChI=1S/C20H14Cl3O2Se/c21-15-5-7-18(17(23)9-15)25-19-8-6-16(22)10-20(19)24-11-13-1-3-14(12-26)4-2-13/h1-10H,11-12H2. The number of rotatable bonds is 6. The number of hydrogen-bond acceptors (Lipinski definition) is 2. The van der Waals surface area contributed by atoms with E-state index in [1.165, 1.54) is 5.56 Å². The van der Waals surface area contributed by atoms with Gasteiger partial charge < -0.3 is 0 Å². The SMILES string of the molecule is Clc1ccc(Oc2ccc(Cl)cc2OCc2ccc(C[Se])cc2)c(Cl)c1. The number of ether oxygens (including phenoxy) is 2. The van der Waals surface area contributed by atoms with E-state index in [1.54, 1.807) is 36.4 Å². The van der Waals surface area contributed by atoms with E-state index in [9.17, 15) is 0 Å². The van der Waals surface area contributed by atoms with E-state index in [0.717, 1.165) is 10.9 Å². The molecule has 3 aromatic rings. The molecule has 0 aliphatic heterocycles. The minimum atomic E-state index is 0.402. The van der Waals surface area contributed by atoms with Crippen LogP contribution in [0, 0.1) is 0 Å². The Bertz CT molecular complexity index is 898. The van der Waals surface area contributed by atoms with E-state index in [1.807, 2.05) is 12.1 Å². The van der Waals surface area contributed by atoms with Crippen molar-refractivity contribution in [2.45, 2.75) is 11.9 Å². The van der Waals surface area contributed by atoms with Crippen LogP contribution in [-0.4, -0.2) is 16.0 Å². The predicted octanol–water partition coefficient (Wildman–Crippen LogP) is 6.69. The Hall–Kier alpha value is -1.35. The third-order valence-electron chi connectivity index (χ3n) is 3.60. The fourth-order valence-corrected chi connectivity index (χ4v) is 3.26. The topological polar surface area (TPSA) is 18.5 Å². The molecule has 0 aliphatic carbocycles. The molecule has 26 heavy (non-hydrogen) atoms. The molecular weight excluding hydrogens is 458 g/mol. The van der Waals surface area contributed by atoms with Crippen LogP contribution < -0.4 is 9.47 Å². The van der Waals surface area contributed by atoms with Gasteiger partial charge in [-0.25, -0.2) is 0 Å². The fourth-order valence-electron chi connectivity index (χ4n) is 2.25. The predicted molar refractivity (Wildman–Crippen MR) is 108 cm³/mol. The van der Waals surface area contributed by atoms with Crippen molar-refractivity contribution in [3.63, 3.8) is 0 Å². The quantitative estimate of drug-likeness (QED) is 0.373. The smallest absolute Gasteiger partial charge is 0.0802 e. The maximum atomic E-state index is 6.19. The van der Waals surface area contributed by atoms with Gasteiger partial charge in [0.15, 0.2) is 0 Å². The molecule has 2 nitrogen and oxygen atoms in total. The van der Waals surface area contributed by atoms with Crippen LogP contribution in [-0.2, 0) is 11.9 Å². The van der Waals surface area contributed by atoms with Gasteiger partial charge in [-0.15, -0.1) is 0 Å². The van der Waals surface area contributed by atoms with Gasteiger partial charge >= 0.3 is 136 Å². The molecule has 0 fully saturated rings. The summed E-state index contributed by atoms with van der Waals surface area (Å²) in [5.74, 6) is 1.56. The average molecular weight is 472 g/mol. The first-order valence-electron chi connectivity index (χ1n) is 7.76. The van der Waals surface area contributed by atoms with Crippen LogP contribution in [0.25, 0.3) is 0 Å². The summed E-state index contributed by atoms with van der Waals surface area (Å²) >= 11 is 21.2. The molecule has 0 aromatic heterocycles. The summed E-state index contributed by atoms with van der Waals surface area (Å²) in [7, 11) is 0. The molecule has 0 atom stereocenters. The third kappa shape index (κ3) is 5.09. The van der Waals surface area contributed by atoms with Crippen LogP contribution in [0.15, 0.2) is 60.7 Å². The first-order chi connectivity index (χ1) is 12.5. The van der Waals surface area contributed by atoms with Crippen LogP contribution in [0.2, 0.25) is 15.1 Å². The summed E-state index contributed by atoms with van der Waals surface area (Å²) in [6.45, 7) is 0.402. The van der Waals surface area contributed by atoms with Crippen molar-refractivity contribution in [2.75, 3.05) is 0 Å². The van der Waals surface area contributed by atoms with E-state index in [2.05, 4.69) is 28.1 Å². The Morgan fingerprint density at radius 3 is 1.96 bits per heavy atom. The second-order valence-electron chi connectivity index (χ2n) is 5.52. The third-order valence-corrected chi connectivity index (χ3v) is 5.07. The Morgan fingerprint density at radius 1 is 0.692 bits per heavy atom. The molecular formula is C20H14Cl3O2Se. The molecule has 3 aromatic carbocycles. The van der Waals surface area contributed by atoms with Gasteiger partial charge in [-0.05, 0) is 12.1 Å². The minimum Gasteiger partial charge on any atom is -0.0802 e. The van der Waals surface area contributed by atoms with Gasteiger partial charge in [0.25, 0.3) is 0 Å². The fraction of sp³-hybridized carbons (Fsp3) is 0.100. The maximum absolute atomic E-state index is 6.19. The molecule has 1 radical (unpaired) electrons. The summed E-state index contributed by atoms with van der Waals surface area (Å²) in [6, 6.07) is 18.5. The van der Waals surface area contributed by atoms with Crippen molar-refractivity contribution in [1.82, 2.24) is 0 Å². The summed E-state index contributed by atoms with van der Waals surface area (Å²) in [5, 5.41) is 2.41. The van der Waals surface area contributed by atoms with Gasteiger partial charge in [-0.1, -0.05) is 23.2 Å². The number of hydrogen-bond donors (Lipinski definition) is 0. The van der Waals surface area contributed by atoms with Gasteiger partial charge in [-0.2, -0.15) is 0 Å². The second-order valence-corrected chi connectivity index (χ2v) is 7.40. The average Bonchev–Trinajstić information content (AvgIpc) is 2.64. The zero-order valence-electron chi connectivity index (χ0n) is 13.5. The number of benzene rings is 3. The van der Waals surface area contributed by atoms with Crippen LogP contribution in [0.1, 0.15) is 11.1 Å². The number of halogens is 3. The van der Waals surface area contributed by atoms with E-state index in [4.69, 9.17) is 44.3 Å². The summed E-state index contributed by atoms with van der Waals surface area (Å²) in [5.41, 5.74) is 2.29. The monoisotopic (exact) mass is 471 g/mol. The van der Waals surface area contributed by atoms with Crippen LogP contribution in [0.5, 0.6) is 17.2 Å². The molecule has 0 N–H and O–H groups in total. The van der Waals surface area contributed by atoms with E-state index in [-0.39, 0.29) is 0 Å².